The number of carbonyl (C=O) groups excluding carboxylic acids is 3. The fourth-order valence-electron chi connectivity index (χ4n) is 2.93. The van der Waals surface area contributed by atoms with Gasteiger partial charge in [-0.3, -0.25) is 14.4 Å². The molecule has 22 heavy (non-hydrogen) atoms. The second-order valence-electron chi connectivity index (χ2n) is 6.59. The Morgan fingerprint density at radius 3 is 1.50 bits per heavy atom. The molecule has 0 heterocycles. The monoisotopic (exact) mass is 314 g/mol. The van der Waals surface area contributed by atoms with Crippen molar-refractivity contribution in [1.29, 1.82) is 0 Å². The lowest BCUT2D eigenvalue weighted by molar-refractivity contribution is -0.201. The van der Waals surface area contributed by atoms with Gasteiger partial charge in [0.1, 0.15) is 12.2 Å². The van der Waals surface area contributed by atoms with E-state index in [2.05, 4.69) is 20.8 Å². The molecular formula is C16H26O6. The first-order valence-electron chi connectivity index (χ1n) is 7.57. The summed E-state index contributed by atoms with van der Waals surface area (Å²) in [6.45, 7) is 10.1. The molecule has 126 valence electrons. The van der Waals surface area contributed by atoms with E-state index in [0.717, 1.165) is 0 Å². The van der Waals surface area contributed by atoms with Gasteiger partial charge in [-0.2, -0.15) is 0 Å². The second kappa shape index (κ2) is 7.11. The smallest absolute Gasteiger partial charge is 0.303 e. The van der Waals surface area contributed by atoms with E-state index in [1.54, 1.807) is 0 Å². The van der Waals surface area contributed by atoms with Gasteiger partial charge in [0.05, 0.1) is 0 Å². The summed E-state index contributed by atoms with van der Waals surface area (Å²) in [5, 5.41) is 0. The summed E-state index contributed by atoms with van der Waals surface area (Å²) in [5.74, 6) is -1.09. The fraction of sp³-hybridized carbons (Fsp3) is 0.812. The van der Waals surface area contributed by atoms with Crippen molar-refractivity contribution >= 4 is 17.9 Å². The quantitative estimate of drug-likeness (QED) is 0.585. The Kier molecular flexibility index (Phi) is 5.97. The van der Waals surface area contributed by atoms with E-state index in [1.165, 1.54) is 20.8 Å². The fourth-order valence-corrected chi connectivity index (χ4v) is 2.93. The largest absolute Gasteiger partial charge is 0.458 e. The van der Waals surface area contributed by atoms with E-state index in [0.29, 0.717) is 18.8 Å². The van der Waals surface area contributed by atoms with Gasteiger partial charge in [-0.25, -0.2) is 0 Å². The van der Waals surface area contributed by atoms with Crippen molar-refractivity contribution in [1.82, 2.24) is 0 Å². The van der Waals surface area contributed by atoms with Gasteiger partial charge < -0.3 is 14.2 Å². The molecule has 1 aliphatic rings. The summed E-state index contributed by atoms with van der Waals surface area (Å²) in [6.07, 6.45) is -0.893. The lowest BCUT2D eigenvalue weighted by Gasteiger charge is -2.47. The van der Waals surface area contributed by atoms with E-state index < -0.39 is 36.2 Å². The van der Waals surface area contributed by atoms with Crippen molar-refractivity contribution in [2.24, 2.45) is 11.3 Å². The molecular weight excluding hydrogens is 288 g/mol. The van der Waals surface area contributed by atoms with Gasteiger partial charge in [-0.15, -0.1) is 0 Å². The summed E-state index contributed by atoms with van der Waals surface area (Å²) >= 11 is 0. The lowest BCUT2D eigenvalue weighted by Crippen LogP contribution is -2.54. The summed E-state index contributed by atoms with van der Waals surface area (Å²) in [5.41, 5.74) is -0.184. The average molecular weight is 314 g/mol. The highest BCUT2D eigenvalue weighted by atomic mass is 16.6. The first-order valence-corrected chi connectivity index (χ1v) is 7.57. The molecule has 0 radical (unpaired) electrons. The Labute approximate surface area is 131 Å². The zero-order valence-corrected chi connectivity index (χ0v) is 14.2. The minimum atomic E-state index is -0.767. The predicted octanol–water partition coefficient (Wildman–Crippen LogP) is 2.24. The topological polar surface area (TPSA) is 78.9 Å². The van der Waals surface area contributed by atoms with Gasteiger partial charge in [0.15, 0.2) is 6.10 Å². The summed E-state index contributed by atoms with van der Waals surface area (Å²) in [6, 6.07) is 0. The van der Waals surface area contributed by atoms with Gasteiger partial charge >= 0.3 is 17.9 Å². The molecule has 6 nitrogen and oxygen atoms in total. The Morgan fingerprint density at radius 2 is 1.23 bits per heavy atom. The van der Waals surface area contributed by atoms with Gasteiger partial charge in [0.2, 0.25) is 0 Å². The van der Waals surface area contributed by atoms with Crippen LogP contribution >= 0.6 is 0 Å². The Bertz CT molecular complexity index is 416. The van der Waals surface area contributed by atoms with Crippen LogP contribution in [0.5, 0.6) is 0 Å². The highest BCUT2D eigenvalue weighted by Gasteiger charge is 2.49. The summed E-state index contributed by atoms with van der Waals surface area (Å²) < 4.78 is 16.0. The van der Waals surface area contributed by atoms with E-state index >= 15 is 0 Å². The predicted molar refractivity (Wildman–Crippen MR) is 78.8 cm³/mol. The number of hydrogen-bond acceptors (Lipinski definition) is 6. The molecule has 1 aliphatic carbocycles. The van der Waals surface area contributed by atoms with Crippen LogP contribution in [0.15, 0.2) is 0 Å². The summed E-state index contributed by atoms with van der Waals surface area (Å²) in [7, 11) is 0. The van der Waals surface area contributed by atoms with E-state index in [9.17, 15) is 14.4 Å². The highest BCUT2D eigenvalue weighted by molar-refractivity contribution is 5.68. The van der Waals surface area contributed by atoms with E-state index in [4.69, 9.17) is 14.2 Å². The van der Waals surface area contributed by atoms with Crippen LogP contribution < -0.4 is 0 Å². The Morgan fingerprint density at radius 1 is 0.864 bits per heavy atom. The third-order valence-corrected chi connectivity index (χ3v) is 4.40. The third-order valence-electron chi connectivity index (χ3n) is 4.40. The van der Waals surface area contributed by atoms with Crippen molar-refractivity contribution in [3.63, 3.8) is 0 Å². The zero-order valence-electron chi connectivity index (χ0n) is 14.2. The average Bonchev–Trinajstić information content (AvgIpc) is 2.31. The second-order valence-corrected chi connectivity index (χ2v) is 6.59. The number of ether oxygens (including phenoxy) is 3. The van der Waals surface area contributed by atoms with Crippen LogP contribution in [0.25, 0.3) is 0 Å². The van der Waals surface area contributed by atoms with E-state index in [1.807, 2.05) is 0 Å². The van der Waals surface area contributed by atoms with Crippen LogP contribution in [0.2, 0.25) is 0 Å². The van der Waals surface area contributed by atoms with Gasteiger partial charge in [0, 0.05) is 20.8 Å². The van der Waals surface area contributed by atoms with Crippen molar-refractivity contribution in [3.05, 3.63) is 0 Å². The number of rotatable bonds is 4. The van der Waals surface area contributed by atoms with E-state index in [-0.39, 0.29) is 5.41 Å². The molecule has 0 saturated heterocycles. The number of esters is 3. The maximum atomic E-state index is 11.4. The maximum absolute atomic E-state index is 11.4. The van der Waals surface area contributed by atoms with Crippen LogP contribution in [0, 0.1) is 11.3 Å². The molecule has 0 aliphatic heterocycles. The molecule has 1 rings (SSSR count). The molecule has 1 fully saturated rings. The maximum Gasteiger partial charge on any atom is 0.303 e. The highest BCUT2D eigenvalue weighted by Crippen LogP contribution is 2.45. The molecule has 0 unspecified atom stereocenters. The lowest BCUT2D eigenvalue weighted by atomic mass is 9.65. The first-order chi connectivity index (χ1) is 10.0. The molecule has 0 amide bonds. The normalized spacial score (nSPS) is 31.5. The Balaban J connectivity index is 3.12. The molecule has 0 aromatic carbocycles. The molecule has 6 heteroatoms. The minimum Gasteiger partial charge on any atom is -0.458 e. The van der Waals surface area contributed by atoms with Crippen LogP contribution in [-0.4, -0.2) is 36.2 Å². The van der Waals surface area contributed by atoms with Gasteiger partial charge in [-0.05, 0) is 24.2 Å². The SMILES string of the molecule is CC(=O)OC1[C@H](OC(C)=O)CC(C)(C(C)C)C[C@H]1OC(C)=O. The minimum absolute atomic E-state index is 0.184. The summed E-state index contributed by atoms with van der Waals surface area (Å²) in [4.78, 5) is 34.1. The third kappa shape index (κ3) is 4.71. The van der Waals surface area contributed by atoms with Crippen molar-refractivity contribution in [2.45, 2.75) is 72.7 Å². The molecule has 0 bridgehead atoms. The molecule has 0 aromatic rings. The molecule has 0 aromatic heterocycles. The molecule has 1 saturated carbocycles. The first kappa shape index (κ1) is 18.5. The van der Waals surface area contributed by atoms with Crippen molar-refractivity contribution < 1.29 is 28.6 Å². The molecule has 0 N–H and O–H groups in total. The van der Waals surface area contributed by atoms with Gasteiger partial charge in [0.25, 0.3) is 0 Å². The van der Waals surface area contributed by atoms with Crippen LogP contribution in [-0.2, 0) is 28.6 Å². The van der Waals surface area contributed by atoms with Crippen molar-refractivity contribution in [2.75, 3.05) is 0 Å². The number of hydrogen-bond donors (Lipinski definition) is 0. The number of carbonyl (C=O) groups is 3. The molecule has 2 atom stereocenters. The zero-order chi connectivity index (χ0) is 17.1. The Hall–Kier alpha value is -1.59. The molecule has 0 spiro atoms. The van der Waals surface area contributed by atoms with Crippen LogP contribution in [0.1, 0.15) is 54.4 Å². The standard InChI is InChI=1S/C16H26O6/c1-9(2)16(6)7-13(20-10(3)17)15(22-12(5)19)14(8-16)21-11(4)18/h9,13-15H,7-8H2,1-6H3/t13-,14-,15?,16?/m1/s1. The van der Waals surface area contributed by atoms with Crippen molar-refractivity contribution in [3.8, 4) is 0 Å². The van der Waals surface area contributed by atoms with Gasteiger partial charge in [-0.1, -0.05) is 20.8 Å². The van der Waals surface area contributed by atoms with Crippen LogP contribution in [0.3, 0.4) is 0 Å². The van der Waals surface area contributed by atoms with Crippen LogP contribution in [0.4, 0.5) is 0 Å².